The number of hydrogen-bond acceptors (Lipinski definition) is 4. The van der Waals surface area contributed by atoms with Gasteiger partial charge in [0, 0.05) is 37.5 Å². The zero-order valence-electron chi connectivity index (χ0n) is 12.6. The first kappa shape index (κ1) is 14.3. The highest BCUT2D eigenvalue weighted by molar-refractivity contribution is 5.58. The molecule has 0 atom stereocenters. The zero-order valence-corrected chi connectivity index (χ0v) is 12.6. The van der Waals surface area contributed by atoms with Gasteiger partial charge in [-0.2, -0.15) is 0 Å². The molecule has 1 saturated carbocycles. The summed E-state index contributed by atoms with van der Waals surface area (Å²) in [7, 11) is 0. The van der Waals surface area contributed by atoms with Crippen molar-refractivity contribution in [3.05, 3.63) is 33.9 Å². The molecule has 5 heteroatoms. The van der Waals surface area contributed by atoms with Crippen LogP contribution >= 0.6 is 0 Å². The van der Waals surface area contributed by atoms with Gasteiger partial charge in [-0.05, 0) is 31.4 Å². The van der Waals surface area contributed by atoms with Crippen molar-refractivity contribution in [2.45, 2.75) is 44.6 Å². The second-order valence-electron chi connectivity index (χ2n) is 6.40. The van der Waals surface area contributed by atoms with Crippen LogP contribution in [0.25, 0.3) is 0 Å². The lowest BCUT2D eigenvalue weighted by molar-refractivity contribution is -0.384. The SMILES string of the molecule is Cc1cc(N2CCNCC23CCCCC3)cc([N+](=O)[O-])c1. The standard InChI is InChI=1S/C16H23N3O2/c1-13-9-14(11-15(10-13)19(20)21)18-8-7-17-12-16(18)5-3-2-4-6-16/h9-11,17H,2-8,12H2,1H3. The molecule has 0 bridgehead atoms. The molecular formula is C16H23N3O2. The van der Waals surface area contributed by atoms with Gasteiger partial charge in [0.2, 0.25) is 0 Å². The number of nitrogens with zero attached hydrogens (tertiary/aromatic N) is 2. The van der Waals surface area contributed by atoms with E-state index in [1.54, 1.807) is 12.1 Å². The summed E-state index contributed by atoms with van der Waals surface area (Å²) < 4.78 is 0. The van der Waals surface area contributed by atoms with Gasteiger partial charge in [0.1, 0.15) is 0 Å². The fraction of sp³-hybridized carbons (Fsp3) is 0.625. The summed E-state index contributed by atoms with van der Waals surface area (Å²) in [4.78, 5) is 13.3. The molecule has 1 saturated heterocycles. The molecule has 5 nitrogen and oxygen atoms in total. The number of nitro groups is 1. The van der Waals surface area contributed by atoms with Crippen LogP contribution in [0.3, 0.4) is 0 Å². The van der Waals surface area contributed by atoms with Gasteiger partial charge < -0.3 is 10.2 Å². The van der Waals surface area contributed by atoms with E-state index in [1.165, 1.54) is 32.1 Å². The third-order valence-corrected chi connectivity index (χ3v) is 4.89. The molecule has 0 aromatic heterocycles. The molecule has 1 aliphatic heterocycles. The first-order chi connectivity index (χ1) is 10.1. The van der Waals surface area contributed by atoms with Crippen molar-refractivity contribution in [3.63, 3.8) is 0 Å². The predicted octanol–water partition coefficient (Wildman–Crippen LogP) is 3.02. The average Bonchev–Trinajstić information content (AvgIpc) is 2.48. The Hall–Kier alpha value is -1.62. The van der Waals surface area contributed by atoms with Gasteiger partial charge in [-0.15, -0.1) is 0 Å². The number of anilines is 1. The Labute approximate surface area is 125 Å². The Balaban J connectivity index is 1.98. The molecule has 1 spiro atoms. The summed E-state index contributed by atoms with van der Waals surface area (Å²) in [6.45, 7) is 4.81. The van der Waals surface area contributed by atoms with Gasteiger partial charge in [-0.1, -0.05) is 19.3 Å². The quantitative estimate of drug-likeness (QED) is 0.671. The second kappa shape index (κ2) is 5.64. The Morgan fingerprint density at radius 2 is 2.00 bits per heavy atom. The fourth-order valence-corrected chi connectivity index (χ4v) is 3.91. The first-order valence-electron chi connectivity index (χ1n) is 7.85. The minimum Gasteiger partial charge on any atom is -0.363 e. The van der Waals surface area contributed by atoms with Crippen LogP contribution in [0.2, 0.25) is 0 Å². The Bertz CT molecular complexity index is 530. The highest BCUT2D eigenvalue weighted by Crippen LogP contribution is 2.38. The van der Waals surface area contributed by atoms with Crippen LogP contribution in [0.4, 0.5) is 11.4 Å². The van der Waals surface area contributed by atoms with Crippen molar-refractivity contribution < 1.29 is 4.92 Å². The van der Waals surface area contributed by atoms with Gasteiger partial charge in [0.15, 0.2) is 0 Å². The summed E-state index contributed by atoms with van der Waals surface area (Å²) >= 11 is 0. The molecular weight excluding hydrogens is 266 g/mol. The van der Waals surface area contributed by atoms with Crippen LogP contribution in [0.15, 0.2) is 18.2 Å². The smallest absolute Gasteiger partial charge is 0.271 e. The Morgan fingerprint density at radius 3 is 2.71 bits per heavy atom. The molecule has 2 fully saturated rings. The van der Waals surface area contributed by atoms with Gasteiger partial charge in [-0.25, -0.2) is 0 Å². The lowest BCUT2D eigenvalue weighted by atomic mass is 9.78. The molecule has 1 N–H and O–H groups in total. The van der Waals surface area contributed by atoms with E-state index in [9.17, 15) is 10.1 Å². The van der Waals surface area contributed by atoms with Crippen molar-refractivity contribution in [2.24, 2.45) is 0 Å². The minimum absolute atomic E-state index is 0.151. The molecule has 0 radical (unpaired) electrons. The molecule has 3 rings (SSSR count). The summed E-state index contributed by atoms with van der Waals surface area (Å²) in [6.07, 6.45) is 6.19. The largest absolute Gasteiger partial charge is 0.363 e. The summed E-state index contributed by atoms with van der Waals surface area (Å²) in [5, 5.41) is 14.7. The van der Waals surface area contributed by atoms with Crippen LogP contribution in [0.5, 0.6) is 0 Å². The van der Waals surface area contributed by atoms with E-state index in [-0.39, 0.29) is 16.1 Å². The normalized spacial score (nSPS) is 21.5. The van der Waals surface area contributed by atoms with Crippen molar-refractivity contribution in [1.82, 2.24) is 5.32 Å². The number of benzene rings is 1. The number of non-ortho nitro benzene ring substituents is 1. The average molecular weight is 289 g/mol. The molecule has 1 aliphatic carbocycles. The molecule has 114 valence electrons. The lowest BCUT2D eigenvalue weighted by Gasteiger charge is -2.51. The third-order valence-electron chi connectivity index (χ3n) is 4.89. The van der Waals surface area contributed by atoms with Crippen LogP contribution in [0.1, 0.15) is 37.7 Å². The van der Waals surface area contributed by atoms with Gasteiger partial charge in [0.25, 0.3) is 5.69 Å². The van der Waals surface area contributed by atoms with Crippen molar-refractivity contribution in [3.8, 4) is 0 Å². The number of hydrogen-bond donors (Lipinski definition) is 1. The van der Waals surface area contributed by atoms with Gasteiger partial charge in [-0.3, -0.25) is 10.1 Å². The van der Waals surface area contributed by atoms with E-state index in [2.05, 4.69) is 16.3 Å². The summed E-state index contributed by atoms with van der Waals surface area (Å²) in [6, 6.07) is 5.49. The highest BCUT2D eigenvalue weighted by Gasteiger charge is 2.40. The molecule has 2 aliphatic rings. The summed E-state index contributed by atoms with van der Waals surface area (Å²) in [5.41, 5.74) is 2.33. The van der Waals surface area contributed by atoms with E-state index >= 15 is 0 Å². The van der Waals surface area contributed by atoms with Crippen molar-refractivity contribution >= 4 is 11.4 Å². The number of nitrogens with one attached hydrogen (secondary N) is 1. The van der Waals surface area contributed by atoms with Crippen molar-refractivity contribution in [1.29, 1.82) is 0 Å². The van der Waals surface area contributed by atoms with E-state index in [4.69, 9.17) is 0 Å². The van der Waals surface area contributed by atoms with Crippen LogP contribution in [0, 0.1) is 17.0 Å². The molecule has 1 aromatic carbocycles. The van der Waals surface area contributed by atoms with Gasteiger partial charge >= 0.3 is 0 Å². The third kappa shape index (κ3) is 2.75. The van der Waals surface area contributed by atoms with E-state index in [0.717, 1.165) is 30.9 Å². The maximum Gasteiger partial charge on any atom is 0.271 e. The fourth-order valence-electron chi connectivity index (χ4n) is 3.91. The Morgan fingerprint density at radius 1 is 1.24 bits per heavy atom. The highest BCUT2D eigenvalue weighted by atomic mass is 16.6. The van der Waals surface area contributed by atoms with Gasteiger partial charge in [0.05, 0.1) is 10.5 Å². The second-order valence-corrected chi connectivity index (χ2v) is 6.40. The number of nitro benzene ring substituents is 1. The summed E-state index contributed by atoms with van der Waals surface area (Å²) in [5.74, 6) is 0. The lowest BCUT2D eigenvalue weighted by Crippen LogP contribution is -2.62. The molecule has 1 heterocycles. The number of aryl methyl sites for hydroxylation is 1. The maximum atomic E-state index is 11.1. The number of rotatable bonds is 2. The minimum atomic E-state index is -0.285. The monoisotopic (exact) mass is 289 g/mol. The molecule has 0 amide bonds. The van der Waals surface area contributed by atoms with Crippen molar-refractivity contribution in [2.75, 3.05) is 24.5 Å². The predicted molar refractivity (Wildman–Crippen MR) is 83.9 cm³/mol. The van der Waals surface area contributed by atoms with Crippen LogP contribution in [-0.4, -0.2) is 30.1 Å². The molecule has 1 aromatic rings. The van der Waals surface area contributed by atoms with E-state index in [0.29, 0.717) is 0 Å². The van der Waals surface area contributed by atoms with Crippen LogP contribution < -0.4 is 10.2 Å². The maximum absolute atomic E-state index is 11.1. The Kier molecular flexibility index (Phi) is 3.85. The first-order valence-corrected chi connectivity index (χ1v) is 7.85. The number of piperazine rings is 1. The zero-order chi connectivity index (χ0) is 14.9. The van der Waals surface area contributed by atoms with E-state index < -0.39 is 0 Å². The topological polar surface area (TPSA) is 58.4 Å². The van der Waals surface area contributed by atoms with E-state index in [1.807, 2.05) is 6.92 Å². The molecule has 21 heavy (non-hydrogen) atoms. The van der Waals surface area contributed by atoms with Crippen LogP contribution in [-0.2, 0) is 0 Å². The molecule has 0 unspecified atom stereocenters.